The third kappa shape index (κ3) is 8.52. The van der Waals surface area contributed by atoms with E-state index in [1.807, 2.05) is 0 Å². The highest BCUT2D eigenvalue weighted by atomic mass is 32.2. The molecule has 1 aromatic carbocycles. The van der Waals surface area contributed by atoms with Crippen molar-refractivity contribution < 1.29 is 39.2 Å². The smallest absolute Gasteiger partial charge is 0.322 e. The van der Waals surface area contributed by atoms with Crippen LogP contribution in [0.4, 0.5) is 11.4 Å². The van der Waals surface area contributed by atoms with Crippen molar-refractivity contribution in [3.63, 3.8) is 0 Å². The number of nitrogens with zero attached hydrogens (tertiary/aromatic N) is 2. The van der Waals surface area contributed by atoms with E-state index < -0.39 is 63.6 Å². The van der Waals surface area contributed by atoms with E-state index in [9.17, 15) is 39.4 Å². The Morgan fingerprint density at radius 1 is 1.12 bits per heavy atom. The molecule has 2 amide bonds. The second kappa shape index (κ2) is 12.2. The first-order chi connectivity index (χ1) is 14.9. The molecule has 1 unspecified atom stereocenters. The summed E-state index contributed by atoms with van der Waals surface area (Å²) in [6, 6.07) is 0.231. The fourth-order valence-corrected chi connectivity index (χ4v) is 3.23. The van der Waals surface area contributed by atoms with E-state index >= 15 is 0 Å². The molecule has 0 saturated carbocycles. The third-order valence-electron chi connectivity index (χ3n) is 3.82. The molecule has 0 aromatic heterocycles. The zero-order valence-corrected chi connectivity index (χ0v) is 17.1. The minimum absolute atomic E-state index is 0.0289. The summed E-state index contributed by atoms with van der Waals surface area (Å²) >= 11 is 0.732. The maximum Gasteiger partial charge on any atom is 0.322 e. The van der Waals surface area contributed by atoms with Crippen molar-refractivity contribution in [2.24, 2.45) is 5.73 Å². The number of aliphatic carboxylic acids is 2. The Bertz CT molecular complexity index is 924. The lowest BCUT2D eigenvalue weighted by molar-refractivity contribution is -0.396. The third-order valence-corrected chi connectivity index (χ3v) is 4.98. The molecular weight excluding hydrogens is 454 g/mol. The number of nitrogens with one attached hydrogen (secondary N) is 2. The molecular formula is C16H19N5O10S. The van der Waals surface area contributed by atoms with Gasteiger partial charge in [0, 0.05) is 18.2 Å². The molecule has 6 N–H and O–H groups in total. The van der Waals surface area contributed by atoms with Crippen molar-refractivity contribution in [3.05, 3.63) is 38.4 Å². The number of non-ortho nitro benzene ring substituents is 1. The molecule has 0 saturated heterocycles. The Balaban J connectivity index is 2.96. The summed E-state index contributed by atoms with van der Waals surface area (Å²) in [7, 11) is 0. The number of amides is 2. The molecule has 0 fully saturated rings. The minimum Gasteiger partial charge on any atom is -0.480 e. The summed E-state index contributed by atoms with van der Waals surface area (Å²) in [6.45, 7) is -0.753. The second-order valence-electron chi connectivity index (χ2n) is 6.19. The van der Waals surface area contributed by atoms with Crippen molar-refractivity contribution >= 4 is 46.9 Å². The van der Waals surface area contributed by atoms with Crippen LogP contribution in [0.25, 0.3) is 0 Å². The lowest BCUT2D eigenvalue weighted by atomic mass is 10.1. The highest BCUT2D eigenvalue weighted by Crippen LogP contribution is 2.32. The van der Waals surface area contributed by atoms with E-state index in [1.54, 1.807) is 0 Å². The van der Waals surface area contributed by atoms with Crippen molar-refractivity contribution in [1.29, 1.82) is 0 Å². The number of carbonyl (C=O) groups is 4. The predicted molar refractivity (Wildman–Crippen MR) is 108 cm³/mol. The van der Waals surface area contributed by atoms with Gasteiger partial charge in [0.2, 0.25) is 11.8 Å². The topological polar surface area (TPSA) is 245 Å². The number of carboxylic acid groups (broad SMARTS) is 2. The molecule has 1 rings (SSSR count). The molecule has 0 aliphatic heterocycles. The first-order valence-electron chi connectivity index (χ1n) is 8.75. The molecule has 0 spiro atoms. The van der Waals surface area contributed by atoms with Crippen LogP contribution in [0.3, 0.4) is 0 Å². The van der Waals surface area contributed by atoms with Gasteiger partial charge < -0.3 is 26.6 Å². The van der Waals surface area contributed by atoms with E-state index in [4.69, 9.17) is 15.9 Å². The van der Waals surface area contributed by atoms with Crippen LogP contribution >= 0.6 is 11.8 Å². The number of carbonyl (C=O) groups excluding carboxylic acids is 2. The number of carboxylic acids is 2. The first kappa shape index (κ1) is 26.2. The SMILES string of the molecule is N[C@@H](CCC(=O)NC(CSc1ccc([N+](=O)[O-])cc1[N+](=O)[O-])C(=O)NCC(=O)O)C(=O)O. The number of hydrogen-bond donors (Lipinski definition) is 5. The average Bonchev–Trinajstić information content (AvgIpc) is 2.72. The Hall–Kier alpha value is -3.79. The van der Waals surface area contributed by atoms with Gasteiger partial charge in [0.15, 0.2) is 0 Å². The quantitative estimate of drug-likeness (QED) is 0.138. The lowest BCUT2D eigenvalue weighted by Gasteiger charge is -2.18. The average molecular weight is 473 g/mol. The van der Waals surface area contributed by atoms with Gasteiger partial charge in [-0.2, -0.15) is 0 Å². The van der Waals surface area contributed by atoms with E-state index in [0.29, 0.717) is 0 Å². The minimum atomic E-state index is -1.35. The fraction of sp³-hybridized carbons (Fsp3) is 0.375. The van der Waals surface area contributed by atoms with Gasteiger partial charge in [-0.05, 0) is 12.5 Å². The lowest BCUT2D eigenvalue weighted by Crippen LogP contribution is -2.49. The molecule has 32 heavy (non-hydrogen) atoms. The Kier molecular flexibility index (Phi) is 9.97. The predicted octanol–water partition coefficient (Wildman–Crippen LogP) is -0.527. The Morgan fingerprint density at radius 3 is 2.31 bits per heavy atom. The molecule has 0 bridgehead atoms. The normalized spacial score (nSPS) is 12.3. The van der Waals surface area contributed by atoms with Crippen LogP contribution in [0.5, 0.6) is 0 Å². The van der Waals surface area contributed by atoms with Crippen LogP contribution in [0, 0.1) is 20.2 Å². The molecule has 0 aliphatic carbocycles. The second-order valence-corrected chi connectivity index (χ2v) is 7.25. The van der Waals surface area contributed by atoms with E-state index in [-0.39, 0.29) is 23.5 Å². The number of nitro benzene ring substituents is 2. The van der Waals surface area contributed by atoms with Gasteiger partial charge in [-0.3, -0.25) is 39.4 Å². The van der Waals surface area contributed by atoms with Gasteiger partial charge in [0.1, 0.15) is 18.6 Å². The van der Waals surface area contributed by atoms with Gasteiger partial charge in [-0.15, -0.1) is 11.8 Å². The van der Waals surface area contributed by atoms with E-state index in [0.717, 1.165) is 30.0 Å². The summed E-state index contributed by atoms with van der Waals surface area (Å²) in [5.41, 5.74) is 4.21. The molecule has 0 heterocycles. The zero-order chi connectivity index (χ0) is 24.4. The maximum atomic E-state index is 12.3. The van der Waals surface area contributed by atoms with Crippen LogP contribution in [0.1, 0.15) is 12.8 Å². The van der Waals surface area contributed by atoms with Crippen LogP contribution in [-0.4, -0.2) is 68.2 Å². The number of nitro groups is 2. The molecule has 174 valence electrons. The summed E-state index contributed by atoms with van der Waals surface area (Å²) in [6.07, 6.45) is -0.579. The summed E-state index contributed by atoms with van der Waals surface area (Å²) in [5.74, 6) is -4.62. The Morgan fingerprint density at radius 2 is 1.78 bits per heavy atom. The molecule has 0 radical (unpaired) electrons. The molecule has 1 aromatic rings. The van der Waals surface area contributed by atoms with Crippen LogP contribution in [0.15, 0.2) is 23.1 Å². The van der Waals surface area contributed by atoms with Gasteiger partial charge in [0.05, 0.1) is 20.8 Å². The zero-order valence-electron chi connectivity index (χ0n) is 16.3. The summed E-state index contributed by atoms with van der Waals surface area (Å²) in [5, 5.41) is 43.8. The van der Waals surface area contributed by atoms with E-state index in [2.05, 4.69) is 10.6 Å². The monoisotopic (exact) mass is 473 g/mol. The first-order valence-corrected chi connectivity index (χ1v) is 9.73. The maximum absolute atomic E-state index is 12.3. The van der Waals surface area contributed by atoms with Crippen LogP contribution in [-0.2, 0) is 19.2 Å². The van der Waals surface area contributed by atoms with Gasteiger partial charge in [-0.1, -0.05) is 0 Å². The number of hydrogen-bond acceptors (Lipinski definition) is 10. The van der Waals surface area contributed by atoms with Gasteiger partial charge >= 0.3 is 11.9 Å². The standard InChI is InChI=1S/C16H19N5O10S/c17-9(16(26)27)2-4-13(22)19-10(15(25)18-6-14(23)24)7-32-12-3-1-8(20(28)29)5-11(12)21(30)31/h1,3,5,9-10H,2,4,6-7,17H2,(H,18,25)(H,19,22)(H,23,24)(H,26,27)/t9-,10?/m0/s1. The van der Waals surface area contributed by atoms with Crippen LogP contribution < -0.4 is 16.4 Å². The van der Waals surface area contributed by atoms with Crippen molar-refractivity contribution in [3.8, 4) is 0 Å². The molecule has 0 aliphatic rings. The number of rotatable bonds is 13. The number of thioether (sulfide) groups is 1. The molecule has 2 atom stereocenters. The van der Waals surface area contributed by atoms with Crippen molar-refractivity contribution in [2.45, 2.75) is 29.8 Å². The summed E-state index contributed by atoms with van der Waals surface area (Å²) in [4.78, 5) is 66.1. The number of benzene rings is 1. The highest BCUT2D eigenvalue weighted by molar-refractivity contribution is 7.99. The van der Waals surface area contributed by atoms with E-state index in [1.165, 1.54) is 0 Å². The van der Waals surface area contributed by atoms with Crippen molar-refractivity contribution in [1.82, 2.24) is 10.6 Å². The van der Waals surface area contributed by atoms with Gasteiger partial charge in [0.25, 0.3) is 11.4 Å². The van der Waals surface area contributed by atoms with Gasteiger partial charge in [-0.25, -0.2) is 0 Å². The summed E-state index contributed by atoms with van der Waals surface area (Å²) < 4.78 is 0. The highest BCUT2D eigenvalue weighted by Gasteiger charge is 2.25. The fourth-order valence-electron chi connectivity index (χ4n) is 2.20. The Labute approximate surface area is 183 Å². The van der Waals surface area contributed by atoms with Crippen molar-refractivity contribution in [2.75, 3.05) is 12.3 Å². The molecule has 15 nitrogen and oxygen atoms in total. The largest absolute Gasteiger partial charge is 0.480 e. The van der Waals surface area contributed by atoms with Crippen LogP contribution in [0.2, 0.25) is 0 Å². The number of nitrogens with two attached hydrogens (primary N) is 1. The molecule has 16 heteroatoms.